The van der Waals surface area contributed by atoms with Crippen molar-refractivity contribution in [3.05, 3.63) is 44.8 Å². The van der Waals surface area contributed by atoms with Crippen molar-refractivity contribution >= 4 is 36.8 Å². The lowest BCUT2D eigenvalue weighted by Crippen LogP contribution is -2.43. The fourth-order valence-corrected chi connectivity index (χ4v) is 5.05. The molecule has 0 radical (unpaired) electrons. The number of amides is 1. The minimum Gasteiger partial charge on any atom is -0.433 e. The lowest BCUT2D eigenvalue weighted by Gasteiger charge is -2.31. The van der Waals surface area contributed by atoms with Crippen LogP contribution in [0.5, 0.6) is 5.75 Å². The van der Waals surface area contributed by atoms with E-state index in [0.29, 0.717) is 10.3 Å². The largest absolute Gasteiger partial charge is 0.573 e. The first-order chi connectivity index (χ1) is 17.4. The second-order valence-corrected chi connectivity index (χ2v) is 17.4. The van der Waals surface area contributed by atoms with E-state index >= 15 is 0 Å². The maximum atomic E-state index is 14.7. The second-order valence-electron chi connectivity index (χ2n) is 10.7. The van der Waals surface area contributed by atoms with Crippen LogP contribution in [0.3, 0.4) is 0 Å². The molecule has 2 rings (SSSR count). The summed E-state index contributed by atoms with van der Waals surface area (Å²) in [4.78, 5) is 19.4. The van der Waals surface area contributed by atoms with Gasteiger partial charge in [0.15, 0.2) is 23.5 Å². The zero-order valence-electron chi connectivity index (χ0n) is 22.9. The third-order valence-electron chi connectivity index (χ3n) is 5.67. The number of alkyl halides is 3. The fraction of sp³-hybridized carbons (Fsp3) is 0.600. The summed E-state index contributed by atoms with van der Waals surface area (Å²) < 4.78 is 70.7. The summed E-state index contributed by atoms with van der Waals surface area (Å²) in [5, 5.41) is 0. The van der Waals surface area contributed by atoms with Gasteiger partial charge in [0.1, 0.15) is 10.4 Å². The zero-order chi connectivity index (χ0) is 29.0. The van der Waals surface area contributed by atoms with E-state index in [-0.39, 0.29) is 30.2 Å². The Kier molecular flexibility index (Phi) is 11.1. The highest BCUT2D eigenvalue weighted by atomic mass is 127. The topological polar surface area (TPSA) is 65.8 Å². The molecule has 1 aromatic heterocycles. The number of carbonyl (C=O) groups is 1. The van der Waals surface area contributed by atoms with Gasteiger partial charge < -0.3 is 23.7 Å². The highest BCUT2D eigenvalue weighted by Gasteiger charge is 2.34. The molecule has 0 saturated carbocycles. The van der Waals surface area contributed by atoms with E-state index in [1.165, 1.54) is 11.0 Å². The number of rotatable bonds is 11. The summed E-state index contributed by atoms with van der Waals surface area (Å²) in [6.07, 6.45) is -6.95. The molecule has 1 aromatic carbocycles. The SMILES string of the molecule is Cc1c(I)nc(C(OC(=O)N(C(C)C)C(C)C)c2ccc(OC(F)(F)F)c(F)c2)n1COCC[Si](C)(C)C. The van der Waals surface area contributed by atoms with Gasteiger partial charge in [0.2, 0.25) is 0 Å². The highest BCUT2D eigenvalue weighted by Crippen LogP contribution is 2.33. The van der Waals surface area contributed by atoms with Crippen LogP contribution in [0.1, 0.15) is 50.9 Å². The van der Waals surface area contributed by atoms with Gasteiger partial charge in [-0.2, -0.15) is 0 Å². The van der Waals surface area contributed by atoms with Crippen molar-refractivity contribution in [3.8, 4) is 5.75 Å². The molecule has 0 spiro atoms. The Morgan fingerprint density at radius 1 is 1.16 bits per heavy atom. The smallest absolute Gasteiger partial charge is 0.433 e. The Bertz CT molecular complexity index is 1100. The number of carbonyl (C=O) groups excluding carboxylic acids is 1. The predicted molar refractivity (Wildman–Crippen MR) is 147 cm³/mol. The van der Waals surface area contributed by atoms with E-state index in [2.05, 4.69) is 29.4 Å². The quantitative estimate of drug-likeness (QED) is 0.107. The van der Waals surface area contributed by atoms with E-state index in [1.54, 1.807) is 4.57 Å². The molecule has 0 saturated heterocycles. The molecular weight excluding hydrogens is 637 g/mol. The minimum absolute atomic E-state index is 0.0996. The number of ether oxygens (including phenoxy) is 3. The maximum Gasteiger partial charge on any atom is 0.573 e. The number of halogens is 5. The van der Waals surface area contributed by atoms with Gasteiger partial charge in [0.05, 0.1) is 5.69 Å². The Morgan fingerprint density at radius 2 is 1.76 bits per heavy atom. The Morgan fingerprint density at radius 3 is 2.26 bits per heavy atom. The van der Waals surface area contributed by atoms with Crippen molar-refractivity contribution in [1.82, 2.24) is 14.5 Å². The van der Waals surface area contributed by atoms with Gasteiger partial charge in [0.25, 0.3) is 0 Å². The lowest BCUT2D eigenvalue weighted by molar-refractivity contribution is -0.275. The summed E-state index contributed by atoms with van der Waals surface area (Å²) in [6, 6.07) is 3.49. The molecule has 0 aliphatic carbocycles. The fourth-order valence-electron chi connectivity index (χ4n) is 3.76. The van der Waals surface area contributed by atoms with Crippen molar-refractivity contribution in [1.29, 1.82) is 0 Å². The number of aromatic nitrogens is 2. The molecule has 1 unspecified atom stereocenters. The standard InChI is InChI=1S/C25H36F4IN3O4Si/c1-15(2)33(16(3)4)24(34)36-21(18-9-10-20(19(26)13-18)37-25(27,28)29)23-31-22(30)17(5)32(23)14-35-11-12-38(6,7)8/h9-10,13,15-16,21H,11-12,14H2,1-8H3. The highest BCUT2D eigenvalue weighted by molar-refractivity contribution is 14.1. The van der Waals surface area contributed by atoms with E-state index in [4.69, 9.17) is 9.47 Å². The molecule has 0 bridgehead atoms. The van der Waals surface area contributed by atoms with E-state index in [9.17, 15) is 22.4 Å². The van der Waals surface area contributed by atoms with Crippen molar-refractivity contribution in [2.75, 3.05) is 6.61 Å². The Hall–Kier alpha value is -1.87. The summed E-state index contributed by atoms with van der Waals surface area (Å²) in [7, 11) is -1.34. The van der Waals surface area contributed by atoms with Crippen molar-refractivity contribution in [2.24, 2.45) is 0 Å². The monoisotopic (exact) mass is 673 g/mol. The van der Waals surface area contributed by atoms with Crippen LogP contribution in [0, 0.1) is 16.4 Å². The van der Waals surface area contributed by atoms with E-state index in [1.807, 2.05) is 57.2 Å². The van der Waals surface area contributed by atoms with Gasteiger partial charge in [-0.1, -0.05) is 25.7 Å². The first-order valence-corrected chi connectivity index (χ1v) is 17.0. The van der Waals surface area contributed by atoms with E-state index in [0.717, 1.165) is 23.9 Å². The molecule has 13 heteroatoms. The summed E-state index contributed by atoms with van der Waals surface area (Å²) in [5.74, 6) is -1.97. The molecule has 38 heavy (non-hydrogen) atoms. The number of benzene rings is 1. The molecule has 214 valence electrons. The average molecular weight is 674 g/mol. The van der Waals surface area contributed by atoms with Gasteiger partial charge >= 0.3 is 12.5 Å². The van der Waals surface area contributed by atoms with Gasteiger partial charge in [-0.3, -0.25) is 0 Å². The van der Waals surface area contributed by atoms with Crippen LogP contribution in [0.25, 0.3) is 0 Å². The van der Waals surface area contributed by atoms with Crippen LogP contribution >= 0.6 is 22.6 Å². The van der Waals surface area contributed by atoms with Crippen molar-refractivity contribution in [3.63, 3.8) is 0 Å². The van der Waals surface area contributed by atoms with Crippen LogP contribution in [0.4, 0.5) is 22.4 Å². The minimum atomic E-state index is -5.06. The third-order valence-corrected chi connectivity index (χ3v) is 8.40. The van der Waals surface area contributed by atoms with Gasteiger partial charge in [-0.05, 0) is 75.4 Å². The normalized spacial score (nSPS) is 13.2. The predicted octanol–water partition coefficient (Wildman–Crippen LogP) is 7.49. The van der Waals surface area contributed by atoms with Crippen LogP contribution < -0.4 is 4.74 Å². The van der Waals surface area contributed by atoms with Crippen LogP contribution in [-0.4, -0.2) is 53.7 Å². The zero-order valence-corrected chi connectivity index (χ0v) is 26.1. The molecule has 0 N–H and O–H groups in total. The molecule has 7 nitrogen and oxygen atoms in total. The number of hydrogen-bond donors (Lipinski definition) is 0. The molecule has 1 heterocycles. The van der Waals surface area contributed by atoms with Gasteiger partial charge in [-0.25, -0.2) is 14.2 Å². The van der Waals surface area contributed by atoms with Crippen molar-refractivity contribution < 1.29 is 36.6 Å². The van der Waals surface area contributed by atoms with Crippen LogP contribution in [0.2, 0.25) is 25.7 Å². The lowest BCUT2D eigenvalue weighted by atomic mass is 10.1. The summed E-state index contributed by atoms with van der Waals surface area (Å²) in [5.41, 5.74) is 0.847. The van der Waals surface area contributed by atoms with Gasteiger partial charge in [-0.15, -0.1) is 13.2 Å². The molecular formula is C25H36F4IN3O4Si. The van der Waals surface area contributed by atoms with Crippen molar-refractivity contribution in [2.45, 2.75) is 91.6 Å². The first-order valence-electron chi connectivity index (χ1n) is 12.3. The number of hydrogen-bond acceptors (Lipinski definition) is 5. The Balaban J connectivity index is 2.53. The molecule has 1 atom stereocenters. The molecule has 0 aliphatic heterocycles. The third kappa shape index (κ3) is 9.11. The summed E-state index contributed by atoms with van der Waals surface area (Å²) >= 11 is 2.04. The number of imidazole rings is 1. The molecule has 0 fully saturated rings. The van der Waals surface area contributed by atoms with Crippen LogP contribution in [0.15, 0.2) is 18.2 Å². The average Bonchev–Trinajstić information content (AvgIpc) is 3.02. The Labute approximate surface area is 236 Å². The molecule has 0 aliphatic rings. The first kappa shape index (κ1) is 32.3. The maximum absolute atomic E-state index is 14.7. The second kappa shape index (κ2) is 13.0. The number of nitrogens with zero attached hydrogens (tertiary/aromatic N) is 3. The molecule has 1 amide bonds. The van der Waals surface area contributed by atoms with Crippen LogP contribution in [-0.2, 0) is 16.2 Å². The molecule has 2 aromatic rings. The summed E-state index contributed by atoms with van der Waals surface area (Å²) in [6.45, 7) is 16.5. The van der Waals surface area contributed by atoms with E-state index < -0.39 is 38.2 Å². The van der Waals surface area contributed by atoms with Gasteiger partial charge in [0, 0.05) is 32.3 Å².